The first-order chi connectivity index (χ1) is 22.0. The minimum absolute atomic E-state index is 0.228. The molecule has 2 fully saturated rings. The number of methoxy groups -OCH3 is 2. The lowest BCUT2D eigenvalue weighted by atomic mass is 9.77. The molecule has 10 nitrogen and oxygen atoms in total. The number of ether oxygens (including phenoxy) is 2. The Morgan fingerprint density at radius 3 is 1.41 bits per heavy atom. The highest BCUT2D eigenvalue weighted by Gasteiger charge is 2.38. The van der Waals surface area contributed by atoms with Gasteiger partial charge in [0, 0.05) is 47.4 Å². The Hall–Kier alpha value is -3.38. The van der Waals surface area contributed by atoms with Gasteiger partial charge in [-0.2, -0.15) is 0 Å². The van der Waals surface area contributed by atoms with Gasteiger partial charge in [0.05, 0.1) is 59.2 Å². The summed E-state index contributed by atoms with van der Waals surface area (Å²) in [4.78, 5) is 18.7. The highest BCUT2D eigenvalue weighted by Crippen LogP contribution is 2.42. The molecule has 2 aromatic carbocycles. The molecule has 2 aromatic heterocycles. The minimum atomic E-state index is -0.607. The van der Waals surface area contributed by atoms with E-state index in [1.165, 1.54) is 0 Å². The van der Waals surface area contributed by atoms with E-state index in [2.05, 4.69) is 20.6 Å². The summed E-state index contributed by atoms with van der Waals surface area (Å²) in [6, 6.07) is 11.8. The third-order valence-corrected chi connectivity index (χ3v) is 9.52. The Balaban J connectivity index is 1.23. The van der Waals surface area contributed by atoms with Crippen molar-refractivity contribution in [1.29, 1.82) is 0 Å². The molecule has 4 aromatic rings. The highest BCUT2D eigenvalue weighted by molar-refractivity contribution is 6.39. The van der Waals surface area contributed by atoms with Crippen LogP contribution in [0, 0.1) is 0 Å². The number of nitrogens with one attached hydrogen (secondary N) is 2. The standard InChI is InChI=1S/C34H38Cl2N6O4/c1-33(43)11-19(12-33)37-17-27-31(45-3)41-25(15-39-27)23-9-5-7-21(29(23)35)22-8-6-10-24(30(22)36)26-16-40-28(32(42-26)46-4)18-38-20-13-34(2,44)14-20/h5-10,15-16,19-20,37-38,43-44H,11-14,17-18H2,1-4H3. The predicted octanol–water partition coefficient (Wildman–Crippen LogP) is 5.60. The van der Waals surface area contributed by atoms with Crippen LogP contribution in [0.4, 0.5) is 0 Å². The Labute approximate surface area is 278 Å². The molecule has 2 aliphatic carbocycles. The third-order valence-electron chi connectivity index (χ3n) is 8.71. The zero-order chi connectivity index (χ0) is 32.6. The maximum absolute atomic E-state index is 10.0. The van der Waals surface area contributed by atoms with Crippen molar-refractivity contribution in [3.63, 3.8) is 0 Å². The van der Waals surface area contributed by atoms with E-state index in [0.717, 1.165) is 11.1 Å². The van der Waals surface area contributed by atoms with Gasteiger partial charge in [0.2, 0.25) is 11.8 Å². The van der Waals surface area contributed by atoms with Crippen LogP contribution in [0.1, 0.15) is 50.9 Å². The summed E-state index contributed by atoms with van der Waals surface area (Å²) in [6.07, 6.45) is 6.16. The first-order valence-electron chi connectivity index (χ1n) is 15.3. The molecule has 4 N–H and O–H groups in total. The van der Waals surface area contributed by atoms with Gasteiger partial charge in [0.25, 0.3) is 0 Å². The van der Waals surface area contributed by atoms with Crippen molar-refractivity contribution >= 4 is 23.2 Å². The van der Waals surface area contributed by atoms with Gasteiger partial charge >= 0.3 is 0 Å². The number of aromatic nitrogens is 4. The van der Waals surface area contributed by atoms with Gasteiger partial charge in [0.15, 0.2) is 0 Å². The summed E-state index contributed by atoms with van der Waals surface area (Å²) in [5, 5.41) is 27.8. The van der Waals surface area contributed by atoms with Crippen LogP contribution < -0.4 is 20.1 Å². The van der Waals surface area contributed by atoms with Crippen LogP contribution in [0.5, 0.6) is 11.8 Å². The van der Waals surface area contributed by atoms with Gasteiger partial charge in [-0.05, 0) is 39.5 Å². The normalized spacial score (nSPS) is 23.8. The van der Waals surface area contributed by atoms with Crippen LogP contribution >= 0.6 is 23.2 Å². The zero-order valence-corrected chi connectivity index (χ0v) is 27.8. The fourth-order valence-corrected chi connectivity index (χ4v) is 6.92. The van der Waals surface area contributed by atoms with Crippen LogP contribution in [0.15, 0.2) is 48.8 Å². The summed E-state index contributed by atoms with van der Waals surface area (Å²) < 4.78 is 11.2. The van der Waals surface area contributed by atoms with Gasteiger partial charge < -0.3 is 30.3 Å². The van der Waals surface area contributed by atoms with Crippen LogP contribution in [0.25, 0.3) is 33.6 Å². The van der Waals surface area contributed by atoms with E-state index < -0.39 is 11.2 Å². The molecule has 6 rings (SSSR count). The number of hydrogen-bond acceptors (Lipinski definition) is 10. The first-order valence-corrected chi connectivity index (χ1v) is 16.0. The third kappa shape index (κ3) is 6.83. The number of aliphatic hydroxyl groups is 2. The van der Waals surface area contributed by atoms with E-state index in [-0.39, 0.29) is 12.1 Å². The quantitative estimate of drug-likeness (QED) is 0.161. The van der Waals surface area contributed by atoms with Crippen molar-refractivity contribution in [2.75, 3.05) is 14.2 Å². The summed E-state index contributed by atoms with van der Waals surface area (Å²) in [5.74, 6) is 0.812. The topological polar surface area (TPSA) is 135 Å². The van der Waals surface area contributed by atoms with Crippen molar-refractivity contribution in [3.8, 4) is 45.4 Å². The van der Waals surface area contributed by atoms with E-state index in [4.69, 9.17) is 42.6 Å². The number of benzene rings is 2. The number of halogens is 2. The molecule has 0 radical (unpaired) electrons. The van der Waals surface area contributed by atoms with Crippen molar-refractivity contribution in [2.45, 2.75) is 75.9 Å². The summed E-state index contributed by atoms with van der Waals surface area (Å²) in [6.45, 7) is 4.63. The van der Waals surface area contributed by atoms with E-state index >= 15 is 0 Å². The molecule has 2 heterocycles. The second kappa shape index (κ2) is 13.0. The summed E-state index contributed by atoms with van der Waals surface area (Å²) in [5.41, 5.74) is 4.10. The largest absolute Gasteiger partial charge is 0.480 e. The molecule has 0 aliphatic heterocycles. The molecule has 46 heavy (non-hydrogen) atoms. The molecule has 0 unspecified atom stereocenters. The van der Waals surface area contributed by atoms with Crippen LogP contribution in [-0.2, 0) is 13.1 Å². The van der Waals surface area contributed by atoms with E-state index in [1.807, 2.05) is 50.2 Å². The van der Waals surface area contributed by atoms with Crippen molar-refractivity contribution < 1.29 is 19.7 Å². The van der Waals surface area contributed by atoms with E-state index in [0.29, 0.717) is 94.5 Å². The molecule has 0 saturated heterocycles. The molecule has 2 saturated carbocycles. The molecule has 242 valence electrons. The first kappa shape index (κ1) is 32.6. The number of rotatable bonds is 11. The van der Waals surface area contributed by atoms with Gasteiger partial charge in [-0.25, -0.2) is 9.97 Å². The second-order valence-electron chi connectivity index (χ2n) is 12.7. The lowest BCUT2D eigenvalue weighted by Crippen LogP contribution is -2.51. The molecule has 2 aliphatic rings. The average molecular weight is 666 g/mol. The summed E-state index contributed by atoms with van der Waals surface area (Å²) in [7, 11) is 3.13. The fourth-order valence-electron chi connectivity index (χ4n) is 6.27. The summed E-state index contributed by atoms with van der Waals surface area (Å²) >= 11 is 14.1. The maximum atomic E-state index is 10.0. The van der Waals surface area contributed by atoms with E-state index in [1.54, 1.807) is 26.6 Å². The van der Waals surface area contributed by atoms with Gasteiger partial charge in [-0.1, -0.05) is 59.6 Å². The predicted molar refractivity (Wildman–Crippen MR) is 178 cm³/mol. The van der Waals surface area contributed by atoms with Crippen LogP contribution in [-0.4, -0.2) is 67.7 Å². The fraction of sp³-hybridized carbons (Fsp3) is 0.412. The lowest BCUT2D eigenvalue weighted by molar-refractivity contribution is -0.0399. The lowest BCUT2D eigenvalue weighted by Gasteiger charge is -2.41. The Kier molecular flexibility index (Phi) is 9.22. The number of hydrogen-bond donors (Lipinski definition) is 4. The SMILES string of the molecule is COc1nc(-c2cccc(-c3cccc(-c4cnc(CNC5CC(C)(O)C5)c(OC)n4)c3Cl)c2Cl)cnc1CNC1CC(C)(O)C1. The van der Waals surface area contributed by atoms with Crippen molar-refractivity contribution in [1.82, 2.24) is 30.6 Å². The van der Waals surface area contributed by atoms with Gasteiger partial charge in [0.1, 0.15) is 11.4 Å². The van der Waals surface area contributed by atoms with Crippen LogP contribution in [0.2, 0.25) is 10.0 Å². The molecule has 0 spiro atoms. The molecule has 0 atom stereocenters. The van der Waals surface area contributed by atoms with Gasteiger partial charge in [-0.3, -0.25) is 9.97 Å². The minimum Gasteiger partial charge on any atom is -0.480 e. The molecule has 12 heteroatoms. The molecule has 0 amide bonds. The van der Waals surface area contributed by atoms with Crippen molar-refractivity contribution in [3.05, 3.63) is 70.2 Å². The Bertz CT molecular complexity index is 1610. The second-order valence-corrected chi connectivity index (χ2v) is 13.5. The average Bonchev–Trinajstić information content (AvgIpc) is 3.01. The number of nitrogens with zero attached hydrogens (tertiary/aromatic N) is 4. The highest BCUT2D eigenvalue weighted by atomic mass is 35.5. The van der Waals surface area contributed by atoms with Crippen LogP contribution in [0.3, 0.4) is 0 Å². The molecular weight excluding hydrogens is 627 g/mol. The molecular formula is C34H38Cl2N6O4. The zero-order valence-electron chi connectivity index (χ0n) is 26.3. The molecule has 0 bridgehead atoms. The maximum Gasteiger partial charge on any atom is 0.237 e. The van der Waals surface area contributed by atoms with E-state index in [9.17, 15) is 10.2 Å². The monoisotopic (exact) mass is 664 g/mol. The van der Waals surface area contributed by atoms with Gasteiger partial charge in [-0.15, -0.1) is 0 Å². The Morgan fingerprint density at radius 1 is 0.696 bits per heavy atom. The Morgan fingerprint density at radius 2 is 1.07 bits per heavy atom. The smallest absolute Gasteiger partial charge is 0.237 e. The van der Waals surface area contributed by atoms with Crippen molar-refractivity contribution in [2.24, 2.45) is 0 Å².